The molecule has 0 saturated heterocycles. The maximum absolute atomic E-state index is 11.4. The first-order valence-corrected chi connectivity index (χ1v) is 5.12. The van der Waals surface area contributed by atoms with Gasteiger partial charge in [-0.3, -0.25) is 9.59 Å². The van der Waals surface area contributed by atoms with Crippen molar-refractivity contribution in [3.05, 3.63) is 0 Å². The van der Waals surface area contributed by atoms with E-state index >= 15 is 0 Å². The molecule has 0 aromatic carbocycles. The summed E-state index contributed by atoms with van der Waals surface area (Å²) in [5, 5.41) is 2.56. The zero-order valence-electron chi connectivity index (χ0n) is 9.30. The number of carbonyl (C=O) groups excluding carboxylic acids is 2. The highest BCUT2D eigenvalue weighted by Crippen LogP contribution is 1.91. The Morgan fingerprint density at radius 1 is 1.29 bits per heavy atom. The van der Waals surface area contributed by atoms with Gasteiger partial charge in [-0.15, -0.1) is 0 Å². The zero-order chi connectivity index (χ0) is 11.0. The highest BCUT2D eigenvalue weighted by atomic mass is 16.2. The third kappa shape index (κ3) is 5.56. The van der Waals surface area contributed by atoms with Crippen molar-refractivity contribution in [1.29, 1.82) is 0 Å². The van der Waals surface area contributed by atoms with Crippen LogP contribution in [0, 0.1) is 0 Å². The molecule has 2 amide bonds. The molecule has 0 unspecified atom stereocenters. The summed E-state index contributed by atoms with van der Waals surface area (Å²) in [7, 11) is 1.76. The predicted molar refractivity (Wildman–Crippen MR) is 55.8 cm³/mol. The number of hydrogen-bond acceptors (Lipinski definition) is 2. The Hall–Kier alpha value is -1.06. The first-order valence-electron chi connectivity index (χ1n) is 5.12. The summed E-state index contributed by atoms with van der Waals surface area (Å²) in [6, 6.07) is 0. The maximum Gasteiger partial charge on any atom is 0.241 e. The summed E-state index contributed by atoms with van der Waals surface area (Å²) in [6.07, 6.45) is 2.49. The summed E-state index contributed by atoms with van der Waals surface area (Å²) < 4.78 is 0. The minimum Gasteiger partial charge on any atom is -0.347 e. The standard InChI is InChI=1S/C10H20N2O2/c1-4-6-7-12(3)10(14)8-11-9(13)5-2/h4-8H2,1-3H3,(H,11,13). The van der Waals surface area contributed by atoms with E-state index in [2.05, 4.69) is 12.2 Å². The van der Waals surface area contributed by atoms with Crippen LogP contribution in [0.15, 0.2) is 0 Å². The van der Waals surface area contributed by atoms with Gasteiger partial charge in [0.1, 0.15) is 0 Å². The van der Waals surface area contributed by atoms with Crippen LogP contribution in [0.4, 0.5) is 0 Å². The molecule has 0 rings (SSSR count). The van der Waals surface area contributed by atoms with Crippen LogP contribution < -0.4 is 5.32 Å². The molecule has 82 valence electrons. The molecule has 0 bridgehead atoms. The normalized spacial score (nSPS) is 9.64. The molecule has 0 saturated carbocycles. The van der Waals surface area contributed by atoms with Crippen LogP contribution in [0.1, 0.15) is 33.1 Å². The maximum atomic E-state index is 11.4. The van der Waals surface area contributed by atoms with Gasteiger partial charge in [0.05, 0.1) is 6.54 Å². The summed E-state index contributed by atoms with van der Waals surface area (Å²) in [5.74, 6) is -0.109. The van der Waals surface area contributed by atoms with E-state index in [0.717, 1.165) is 19.4 Å². The van der Waals surface area contributed by atoms with E-state index in [-0.39, 0.29) is 18.4 Å². The Kier molecular flexibility index (Phi) is 6.80. The molecule has 0 spiro atoms. The number of rotatable bonds is 6. The molecule has 1 N–H and O–H groups in total. The molecule has 4 nitrogen and oxygen atoms in total. The molecule has 0 aromatic heterocycles. The van der Waals surface area contributed by atoms with Crippen molar-refractivity contribution < 1.29 is 9.59 Å². The van der Waals surface area contributed by atoms with Gasteiger partial charge >= 0.3 is 0 Å². The van der Waals surface area contributed by atoms with E-state index < -0.39 is 0 Å². The quantitative estimate of drug-likeness (QED) is 0.688. The highest BCUT2D eigenvalue weighted by Gasteiger charge is 2.08. The fourth-order valence-corrected chi connectivity index (χ4v) is 0.954. The Balaban J connectivity index is 3.67. The molecule has 0 heterocycles. The second-order valence-electron chi connectivity index (χ2n) is 3.30. The van der Waals surface area contributed by atoms with Crippen molar-refractivity contribution in [3.8, 4) is 0 Å². The lowest BCUT2D eigenvalue weighted by Gasteiger charge is -2.16. The number of nitrogens with one attached hydrogen (secondary N) is 1. The third-order valence-electron chi connectivity index (χ3n) is 2.03. The van der Waals surface area contributed by atoms with Gasteiger partial charge in [-0.25, -0.2) is 0 Å². The zero-order valence-corrected chi connectivity index (χ0v) is 9.30. The molecule has 0 aromatic rings. The lowest BCUT2D eigenvalue weighted by molar-refractivity contribution is -0.131. The van der Waals surface area contributed by atoms with Crippen LogP contribution >= 0.6 is 0 Å². The molecule has 14 heavy (non-hydrogen) atoms. The van der Waals surface area contributed by atoms with E-state index in [4.69, 9.17) is 0 Å². The molecule has 0 fully saturated rings. The molecule has 0 aliphatic carbocycles. The lowest BCUT2D eigenvalue weighted by atomic mass is 10.3. The Labute approximate surface area is 85.7 Å². The summed E-state index contributed by atoms with van der Waals surface area (Å²) in [4.78, 5) is 23.9. The molecular formula is C10H20N2O2. The monoisotopic (exact) mass is 200 g/mol. The van der Waals surface area contributed by atoms with Gasteiger partial charge in [0.15, 0.2) is 0 Å². The van der Waals surface area contributed by atoms with E-state index in [1.807, 2.05) is 0 Å². The van der Waals surface area contributed by atoms with Crippen LogP contribution in [0.3, 0.4) is 0 Å². The fourth-order valence-electron chi connectivity index (χ4n) is 0.954. The lowest BCUT2D eigenvalue weighted by Crippen LogP contribution is -2.38. The molecule has 0 aliphatic rings. The van der Waals surface area contributed by atoms with Gasteiger partial charge < -0.3 is 10.2 Å². The van der Waals surface area contributed by atoms with Crippen molar-refractivity contribution in [3.63, 3.8) is 0 Å². The van der Waals surface area contributed by atoms with Crippen molar-refractivity contribution in [1.82, 2.24) is 10.2 Å². The van der Waals surface area contributed by atoms with E-state index in [1.54, 1.807) is 18.9 Å². The summed E-state index contributed by atoms with van der Waals surface area (Å²) in [6.45, 7) is 4.72. The van der Waals surface area contributed by atoms with Gasteiger partial charge in [0.25, 0.3) is 0 Å². The van der Waals surface area contributed by atoms with E-state index in [1.165, 1.54) is 0 Å². The highest BCUT2D eigenvalue weighted by molar-refractivity contribution is 5.84. The molecule has 0 radical (unpaired) electrons. The smallest absolute Gasteiger partial charge is 0.241 e. The van der Waals surface area contributed by atoms with Crippen LogP contribution in [-0.4, -0.2) is 36.9 Å². The minimum absolute atomic E-state index is 0.0275. The minimum atomic E-state index is -0.0813. The molecule has 0 aliphatic heterocycles. The van der Waals surface area contributed by atoms with Crippen molar-refractivity contribution in [2.24, 2.45) is 0 Å². The first-order chi connectivity index (χ1) is 6.61. The number of nitrogens with zero attached hydrogens (tertiary/aromatic N) is 1. The van der Waals surface area contributed by atoms with Crippen molar-refractivity contribution in [2.75, 3.05) is 20.1 Å². The predicted octanol–water partition coefficient (Wildman–Crippen LogP) is 0.771. The van der Waals surface area contributed by atoms with Gasteiger partial charge in [0.2, 0.25) is 11.8 Å². The number of carbonyl (C=O) groups is 2. The first kappa shape index (κ1) is 12.9. The topological polar surface area (TPSA) is 49.4 Å². The fraction of sp³-hybridized carbons (Fsp3) is 0.800. The second-order valence-corrected chi connectivity index (χ2v) is 3.30. The van der Waals surface area contributed by atoms with Crippen molar-refractivity contribution in [2.45, 2.75) is 33.1 Å². The van der Waals surface area contributed by atoms with Gasteiger partial charge in [0, 0.05) is 20.0 Å². The van der Waals surface area contributed by atoms with Gasteiger partial charge in [-0.1, -0.05) is 20.3 Å². The Morgan fingerprint density at radius 3 is 2.43 bits per heavy atom. The Morgan fingerprint density at radius 2 is 1.93 bits per heavy atom. The van der Waals surface area contributed by atoms with Gasteiger partial charge in [-0.2, -0.15) is 0 Å². The second kappa shape index (κ2) is 7.35. The van der Waals surface area contributed by atoms with Crippen LogP contribution in [0.2, 0.25) is 0 Å². The number of amides is 2. The number of unbranched alkanes of at least 4 members (excludes halogenated alkanes) is 1. The van der Waals surface area contributed by atoms with E-state index in [9.17, 15) is 9.59 Å². The van der Waals surface area contributed by atoms with E-state index in [0.29, 0.717) is 6.42 Å². The van der Waals surface area contributed by atoms with Crippen LogP contribution in [0.5, 0.6) is 0 Å². The molecule has 4 heteroatoms. The van der Waals surface area contributed by atoms with Crippen molar-refractivity contribution >= 4 is 11.8 Å². The molecular weight excluding hydrogens is 180 g/mol. The number of hydrogen-bond donors (Lipinski definition) is 1. The number of likely N-dealkylation sites (N-methyl/N-ethyl adjacent to an activating group) is 1. The molecule has 0 atom stereocenters. The average molecular weight is 200 g/mol. The average Bonchev–Trinajstić information content (AvgIpc) is 2.21. The SMILES string of the molecule is CCCCN(C)C(=O)CNC(=O)CC. The summed E-state index contributed by atoms with van der Waals surface area (Å²) in [5.41, 5.74) is 0. The summed E-state index contributed by atoms with van der Waals surface area (Å²) >= 11 is 0. The Bertz CT molecular complexity index is 193. The van der Waals surface area contributed by atoms with Crippen LogP contribution in [0.25, 0.3) is 0 Å². The third-order valence-corrected chi connectivity index (χ3v) is 2.03. The largest absolute Gasteiger partial charge is 0.347 e. The van der Waals surface area contributed by atoms with Crippen LogP contribution in [-0.2, 0) is 9.59 Å². The van der Waals surface area contributed by atoms with Gasteiger partial charge in [-0.05, 0) is 6.42 Å².